The quantitative estimate of drug-likeness (QED) is 0.458. The van der Waals surface area contributed by atoms with E-state index in [0.29, 0.717) is 16.9 Å². The maximum atomic E-state index is 13.3. The minimum absolute atomic E-state index is 0.0299. The van der Waals surface area contributed by atoms with Crippen molar-refractivity contribution in [2.24, 2.45) is 0 Å². The number of nitrogens with zero attached hydrogens (tertiary/aromatic N) is 1. The first kappa shape index (κ1) is 23.4. The molecule has 0 aliphatic heterocycles. The minimum atomic E-state index is -4.08. The lowest BCUT2D eigenvalue weighted by Gasteiger charge is -2.21. The van der Waals surface area contributed by atoms with Crippen molar-refractivity contribution < 1.29 is 22.7 Å². The predicted octanol–water partition coefficient (Wildman–Crippen LogP) is 4.07. The van der Waals surface area contributed by atoms with E-state index in [2.05, 4.69) is 0 Å². The third-order valence-corrected chi connectivity index (χ3v) is 6.89. The summed E-state index contributed by atoms with van der Waals surface area (Å²) in [5, 5.41) is 0. The summed E-state index contributed by atoms with van der Waals surface area (Å²) in [6.45, 7) is 2.85. The molecule has 7 heteroatoms. The molecule has 0 aromatic heterocycles. The molecule has 0 saturated carbocycles. The number of benzene rings is 3. The molecule has 32 heavy (non-hydrogen) atoms. The van der Waals surface area contributed by atoms with Gasteiger partial charge < -0.3 is 4.74 Å². The molecule has 0 radical (unpaired) electrons. The normalized spacial score (nSPS) is 11.4. The summed E-state index contributed by atoms with van der Waals surface area (Å²) < 4.78 is 32.7. The van der Waals surface area contributed by atoms with Crippen LogP contribution in [0.3, 0.4) is 0 Å². The summed E-state index contributed by atoms with van der Waals surface area (Å²) in [5.41, 5.74) is 2.61. The zero-order valence-corrected chi connectivity index (χ0v) is 19.1. The number of Topliss-reactive ketones (excluding diaryl/α,β-unsaturated/α-hetero) is 2. The fourth-order valence-corrected chi connectivity index (χ4v) is 4.46. The summed E-state index contributed by atoms with van der Waals surface area (Å²) in [4.78, 5) is 25.8. The first-order valence-electron chi connectivity index (χ1n) is 10.0. The molecule has 0 heterocycles. The van der Waals surface area contributed by atoms with E-state index in [4.69, 9.17) is 4.74 Å². The number of rotatable bonds is 9. The maximum Gasteiger partial charge on any atom is 0.243 e. The Morgan fingerprint density at radius 3 is 1.56 bits per heavy atom. The van der Waals surface area contributed by atoms with E-state index in [1.54, 1.807) is 60.7 Å². The van der Waals surface area contributed by atoms with Crippen molar-refractivity contribution in [1.82, 2.24) is 4.31 Å². The molecule has 0 bridgehead atoms. The second kappa shape index (κ2) is 9.89. The molecule has 0 amide bonds. The van der Waals surface area contributed by atoms with Gasteiger partial charge in [-0.3, -0.25) is 9.59 Å². The molecule has 0 atom stereocenters. The zero-order chi connectivity index (χ0) is 23.3. The number of sulfonamides is 1. The minimum Gasteiger partial charge on any atom is -0.497 e. The van der Waals surface area contributed by atoms with Crippen molar-refractivity contribution in [2.75, 3.05) is 20.2 Å². The van der Waals surface area contributed by atoms with Gasteiger partial charge in [0, 0.05) is 11.1 Å². The van der Waals surface area contributed by atoms with Crippen LogP contribution in [0, 0.1) is 13.8 Å². The molecule has 0 aliphatic rings. The lowest BCUT2D eigenvalue weighted by molar-refractivity contribution is 0.0927. The van der Waals surface area contributed by atoms with Crippen LogP contribution >= 0.6 is 0 Å². The van der Waals surface area contributed by atoms with E-state index in [9.17, 15) is 18.0 Å². The first-order chi connectivity index (χ1) is 15.2. The first-order valence-corrected chi connectivity index (χ1v) is 11.5. The van der Waals surface area contributed by atoms with Gasteiger partial charge in [0.2, 0.25) is 10.0 Å². The molecular formula is C25H25NO5S. The molecule has 0 unspecified atom stereocenters. The molecule has 0 spiro atoms. The Morgan fingerprint density at radius 2 is 1.12 bits per heavy atom. The van der Waals surface area contributed by atoms with Gasteiger partial charge in [0.05, 0.1) is 25.1 Å². The highest BCUT2D eigenvalue weighted by molar-refractivity contribution is 7.89. The van der Waals surface area contributed by atoms with Crippen LogP contribution in [0.2, 0.25) is 0 Å². The van der Waals surface area contributed by atoms with E-state index in [0.717, 1.165) is 15.4 Å². The fourth-order valence-electron chi connectivity index (χ4n) is 3.10. The van der Waals surface area contributed by atoms with Crippen LogP contribution in [-0.2, 0) is 10.0 Å². The van der Waals surface area contributed by atoms with Crippen LogP contribution in [0.15, 0.2) is 77.7 Å². The Bertz CT molecular complexity index is 1200. The van der Waals surface area contributed by atoms with E-state index in [-0.39, 0.29) is 10.7 Å². The number of carbonyl (C=O) groups is 2. The number of ether oxygens (including phenoxy) is 1. The molecule has 3 aromatic carbocycles. The summed E-state index contributed by atoms with van der Waals surface area (Å²) in [6, 6.07) is 19.6. The SMILES string of the molecule is COc1ccc(C(=O)CN(CC(=O)c2ccc(C)cc2)S(=O)(=O)c2ccc(C)cc2)cc1. The van der Waals surface area contributed by atoms with Crippen LogP contribution in [0.1, 0.15) is 31.8 Å². The van der Waals surface area contributed by atoms with E-state index in [1.807, 2.05) is 13.8 Å². The van der Waals surface area contributed by atoms with Crippen LogP contribution in [0.5, 0.6) is 5.75 Å². The number of methoxy groups -OCH3 is 1. The monoisotopic (exact) mass is 451 g/mol. The number of ketones is 2. The van der Waals surface area contributed by atoms with Crippen molar-refractivity contribution in [3.05, 3.63) is 95.1 Å². The third kappa shape index (κ3) is 5.49. The predicted molar refractivity (Wildman–Crippen MR) is 123 cm³/mol. The van der Waals surface area contributed by atoms with E-state index in [1.165, 1.54) is 19.2 Å². The highest BCUT2D eigenvalue weighted by Gasteiger charge is 2.29. The van der Waals surface area contributed by atoms with Crippen LogP contribution in [0.4, 0.5) is 0 Å². The smallest absolute Gasteiger partial charge is 0.243 e. The lowest BCUT2D eigenvalue weighted by Crippen LogP contribution is -2.39. The van der Waals surface area contributed by atoms with Crippen molar-refractivity contribution >= 4 is 21.6 Å². The topological polar surface area (TPSA) is 80.8 Å². The Kier molecular flexibility index (Phi) is 7.22. The fraction of sp³-hybridized carbons (Fsp3) is 0.200. The van der Waals surface area contributed by atoms with E-state index < -0.39 is 28.9 Å². The Morgan fingerprint density at radius 1 is 0.719 bits per heavy atom. The zero-order valence-electron chi connectivity index (χ0n) is 18.2. The van der Waals surface area contributed by atoms with Crippen LogP contribution < -0.4 is 4.74 Å². The summed E-state index contributed by atoms with van der Waals surface area (Å²) in [7, 11) is -2.56. The average molecular weight is 452 g/mol. The number of hydrogen-bond donors (Lipinski definition) is 0. The van der Waals surface area contributed by atoms with Gasteiger partial charge in [0.1, 0.15) is 5.75 Å². The Balaban J connectivity index is 1.92. The average Bonchev–Trinajstić information content (AvgIpc) is 2.79. The van der Waals surface area contributed by atoms with Crippen LogP contribution in [0.25, 0.3) is 0 Å². The summed E-state index contributed by atoms with van der Waals surface area (Å²) >= 11 is 0. The van der Waals surface area contributed by atoms with Gasteiger partial charge in [-0.1, -0.05) is 47.5 Å². The van der Waals surface area contributed by atoms with Gasteiger partial charge in [0.15, 0.2) is 11.6 Å². The number of aryl methyl sites for hydroxylation is 2. The molecule has 166 valence electrons. The third-order valence-electron chi connectivity index (χ3n) is 5.08. The van der Waals surface area contributed by atoms with Crippen molar-refractivity contribution in [1.29, 1.82) is 0 Å². The second-order valence-electron chi connectivity index (χ2n) is 7.53. The van der Waals surface area contributed by atoms with Crippen LogP contribution in [-0.4, -0.2) is 44.5 Å². The van der Waals surface area contributed by atoms with Crippen molar-refractivity contribution in [3.8, 4) is 5.75 Å². The highest BCUT2D eigenvalue weighted by Crippen LogP contribution is 2.19. The van der Waals surface area contributed by atoms with Gasteiger partial charge >= 0.3 is 0 Å². The summed E-state index contributed by atoms with van der Waals surface area (Å²) in [5.74, 6) is -0.219. The van der Waals surface area contributed by atoms with Gasteiger partial charge in [0.25, 0.3) is 0 Å². The molecule has 0 fully saturated rings. The highest BCUT2D eigenvalue weighted by atomic mass is 32.2. The molecule has 0 saturated heterocycles. The van der Waals surface area contributed by atoms with E-state index >= 15 is 0 Å². The van der Waals surface area contributed by atoms with Gasteiger partial charge in [-0.15, -0.1) is 0 Å². The molecule has 3 rings (SSSR count). The largest absolute Gasteiger partial charge is 0.497 e. The van der Waals surface area contributed by atoms with Crippen molar-refractivity contribution in [2.45, 2.75) is 18.7 Å². The molecule has 0 aliphatic carbocycles. The lowest BCUT2D eigenvalue weighted by atomic mass is 10.1. The summed E-state index contributed by atoms with van der Waals surface area (Å²) in [6.07, 6.45) is 0. The number of hydrogen-bond acceptors (Lipinski definition) is 5. The molecule has 0 N–H and O–H groups in total. The molecule has 3 aromatic rings. The Hall–Kier alpha value is -3.29. The van der Waals surface area contributed by atoms with Crippen molar-refractivity contribution in [3.63, 3.8) is 0 Å². The molecular weight excluding hydrogens is 426 g/mol. The standard InChI is InChI=1S/C25H25NO5S/c1-18-4-8-20(9-5-18)24(27)16-26(32(29,30)23-14-6-19(2)7-15-23)17-25(28)21-10-12-22(31-3)13-11-21/h4-15H,16-17H2,1-3H3. The van der Waals surface area contributed by atoms with Gasteiger partial charge in [-0.25, -0.2) is 8.42 Å². The number of carbonyl (C=O) groups excluding carboxylic acids is 2. The molecule has 6 nitrogen and oxygen atoms in total. The van der Waals surface area contributed by atoms with Gasteiger partial charge in [-0.05, 0) is 50.2 Å². The second-order valence-corrected chi connectivity index (χ2v) is 9.46. The Labute approximate surface area is 188 Å². The van der Waals surface area contributed by atoms with Gasteiger partial charge in [-0.2, -0.15) is 4.31 Å². The maximum absolute atomic E-state index is 13.3.